The number of rotatable bonds is 5. The summed E-state index contributed by atoms with van der Waals surface area (Å²) in [6.45, 7) is 3.94. The Morgan fingerprint density at radius 1 is 1.42 bits per heavy atom. The summed E-state index contributed by atoms with van der Waals surface area (Å²) in [6, 6.07) is 1.09. The van der Waals surface area contributed by atoms with Gasteiger partial charge in [-0.25, -0.2) is 4.98 Å². The van der Waals surface area contributed by atoms with Crippen molar-refractivity contribution in [1.82, 2.24) is 24.6 Å². The highest BCUT2D eigenvalue weighted by Crippen LogP contribution is 2.30. The molecule has 1 aliphatic rings. The van der Waals surface area contributed by atoms with Crippen molar-refractivity contribution in [3.8, 4) is 0 Å². The molecule has 2 heterocycles. The van der Waals surface area contributed by atoms with Crippen molar-refractivity contribution >= 4 is 0 Å². The number of aromatic nitrogens is 4. The zero-order valence-corrected chi connectivity index (χ0v) is 11.4. The van der Waals surface area contributed by atoms with E-state index >= 15 is 0 Å². The Kier molecular flexibility index (Phi) is 3.64. The highest BCUT2D eigenvalue weighted by atomic mass is 15.3. The maximum atomic E-state index is 4.31. The van der Waals surface area contributed by atoms with Crippen LogP contribution in [-0.4, -0.2) is 25.4 Å². The molecule has 2 aromatic rings. The molecule has 2 atom stereocenters. The highest BCUT2D eigenvalue weighted by molar-refractivity contribution is 5.04. The molecule has 0 bridgehead atoms. The van der Waals surface area contributed by atoms with Gasteiger partial charge in [-0.2, -0.15) is 5.10 Å². The molecule has 19 heavy (non-hydrogen) atoms. The molecule has 1 N–H and O–H groups in total. The van der Waals surface area contributed by atoms with E-state index in [2.05, 4.69) is 39.3 Å². The summed E-state index contributed by atoms with van der Waals surface area (Å²) in [5.41, 5.74) is 1.26. The van der Waals surface area contributed by atoms with Crippen molar-refractivity contribution in [2.24, 2.45) is 0 Å². The highest BCUT2D eigenvalue weighted by Gasteiger charge is 2.27. The van der Waals surface area contributed by atoms with E-state index in [4.69, 9.17) is 0 Å². The van der Waals surface area contributed by atoms with Gasteiger partial charge in [-0.1, -0.05) is 0 Å². The van der Waals surface area contributed by atoms with Crippen molar-refractivity contribution in [2.75, 3.05) is 0 Å². The topological polar surface area (TPSA) is 47.7 Å². The lowest BCUT2D eigenvalue weighted by Crippen LogP contribution is -2.33. The second-order valence-corrected chi connectivity index (χ2v) is 5.20. The molecule has 0 spiro atoms. The van der Waals surface area contributed by atoms with E-state index in [0.717, 1.165) is 13.1 Å². The zero-order valence-electron chi connectivity index (χ0n) is 11.4. The molecule has 2 unspecified atom stereocenters. The standard InChI is InChI=1S/C14H21N5/c1-2-19-10-12(9-17-19)8-16-13-4-3-5-14(13)18-7-6-15-11-18/h6-7,9-11,13-14,16H,2-5,8H2,1H3. The lowest BCUT2D eigenvalue weighted by Gasteiger charge is -2.21. The minimum absolute atomic E-state index is 0.541. The van der Waals surface area contributed by atoms with Crippen molar-refractivity contribution in [1.29, 1.82) is 0 Å². The Morgan fingerprint density at radius 3 is 3.11 bits per heavy atom. The van der Waals surface area contributed by atoms with Crippen molar-refractivity contribution in [3.63, 3.8) is 0 Å². The molecule has 1 saturated carbocycles. The fourth-order valence-electron chi connectivity index (χ4n) is 2.92. The van der Waals surface area contributed by atoms with Crippen molar-refractivity contribution in [2.45, 2.75) is 51.4 Å². The molecule has 0 radical (unpaired) electrons. The van der Waals surface area contributed by atoms with Crippen LogP contribution in [0.25, 0.3) is 0 Å². The van der Waals surface area contributed by atoms with Crippen LogP contribution in [0.2, 0.25) is 0 Å². The average Bonchev–Trinajstić information content (AvgIpc) is 3.16. The fourth-order valence-corrected chi connectivity index (χ4v) is 2.92. The second-order valence-electron chi connectivity index (χ2n) is 5.20. The Morgan fingerprint density at radius 2 is 2.37 bits per heavy atom. The van der Waals surface area contributed by atoms with Crippen LogP contribution < -0.4 is 5.32 Å². The van der Waals surface area contributed by atoms with E-state index in [9.17, 15) is 0 Å². The molecule has 3 rings (SSSR count). The van der Waals surface area contributed by atoms with Gasteiger partial charge >= 0.3 is 0 Å². The van der Waals surface area contributed by atoms with E-state index in [1.165, 1.54) is 24.8 Å². The molecule has 5 nitrogen and oxygen atoms in total. The van der Waals surface area contributed by atoms with Crippen LogP contribution in [0.15, 0.2) is 31.1 Å². The van der Waals surface area contributed by atoms with Crippen LogP contribution in [0, 0.1) is 0 Å². The van der Waals surface area contributed by atoms with E-state index in [-0.39, 0.29) is 0 Å². The molecular weight excluding hydrogens is 238 g/mol. The Labute approximate surface area is 113 Å². The van der Waals surface area contributed by atoms with E-state index in [1.54, 1.807) is 0 Å². The van der Waals surface area contributed by atoms with Crippen LogP contribution in [0.1, 0.15) is 37.8 Å². The van der Waals surface area contributed by atoms with Gasteiger partial charge in [0, 0.05) is 49.3 Å². The maximum absolute atomic E-state index is 4.31. The Balaban J connectivity index is 1.60. The maximum Gasteiger partial charge on any atom is 0.0949 e. The molecular formula is C14H21N5. The third-order valence-electron chi connectivity index (χ3n) is 3.97. The first kappa shape index (κ1) is 12.4. The van der Waals surface area contributed by atoms with Crippen LogP contribution in [-0.2, 0) is 13.1 Å². The molecule has 2 aromatic heterocycles. The number of imidazole rings is 1. The first-order valence-corrected chi connectivity index (χ1v) is 7.09. The van der Waals surface area contributed by atoms with E-state index in [0.29, 0.717) is 12.1 Å². The zero-order chi connectivity index (χ0) is 13.1. The molecule has 1 aliphatic carbocycles. The molecule has 0 aliphatic heterocycles. The molecule has 0 saturated heterocycles. The molecule has 1 fully saturated rings. The summed E-state index contributed by atoms with van der Waals surface area (Å²) in [7, 11) is 0. The monoisotopic (exact) mass is 259 g/mol. The Bertz CT molecular complexity index is 502. The quantitative estimate of drug-likeness (QED) is 0.893. The van der Waals surface area contributed by atoms with Gasteiger partial charge < -0.3 is 9.88 Å². The lowest BCUT2D eigenvalue weighted by atomic mass is 10.1. The van der Waals surface area contributed by atoms with Crippen LogP contribution in [0.5, 0.6) is 0 Å². The third-order valence-corrected chi connectivity index (χ3v) is 3.97. The van der Waals surface area contributed by atoms with Gasteiger partial charge in [-0.05, 0) is 26.2 Å². The number of nitrogens with zero attached hydrogens (tertiary/aromatic N) is 4. The van der Waals surface area contributed by atoms with Crippen molar-refractivity contribution in [3.05, 3.63) is 36.7 Å². The number of aryl methyl sites for hydroxylation is 1. The predicted molar refractivity (Wildman–Crippen MR) is 73.6 cm³/mol. The fraction of sp³-hybridized carbons (Fsp3) is 0.571. The van der Waals surface area contributed by atoms with Gasteiger partial charge in [0.05, 0.1) is 12.5 Å². The molecule has 5 heteroatoms. The smallest absolute Gasteiger partial charge is 0.0949 e. The summed E-state index contributed by atoms with van der Waals surface area (Å²) in [4.78, 5) is 4.16. The third kappa shape index (κ3) is 2.71. The number of hydrogen-bond acceptors (Lipinski definition) is 3. The number of hydrogen-bond donors (Lipinski definition) is 1. The molecule has 102 valence electrons. The van der Waals surface area contributed by atoms with E-state index in [1.807, 2.05) is 23.4 Å². The van der Waals surface area contributed by atoms with Gasteiger partial charge in [0.25, 0.3) is 0 Å². The summed E-state index contributed by atoms with van der Waals surface area (Å²) in [5, 5.41) is 7.98. The van der Waals surface area contributed by atoms with Gasteiger partial charge in [0.15, 0.2) is 0 Å². The van der Waals surface area contributed by atoms with Crippen LogP contribution in [0.4, 0.5) is 0 Å². The number of nitrogens with one attached hydrogen (secondary N) is 1. The molecule has 0 aromatic carbocycles. The summed E-state index contributed by atoms with van der Waals surface area (Å²) >= 11 is 0. The van der Waals surface area contributed by atoms with Crippen LogP contribution in [0.3, 0.4) is 0 Å². The lowest BCUT2D eigenvalue weighted by molar-refractivity contribution is 0.390. The van der Waals surface area contributed by atoms with Gasteiger partial charge in [0.2, 0.25) is 0 Å². The first-order chi connectivity index (χ1) is 9.36. The minimum Gasteiger partial charge on any atom is -0.333 e. The SMILES string of the molecule is CCn1cc(CNC2CCCC2n2ccnc2)cn1. The summed E-state index contributed by atoms with van der Waals surface area (Å²) < 4.78 is 4.21. The predicted octanol–water partition coefficient (Wildman–Crippen LogP) is 1.98. The summed E-state index contributed by atoms with van der Waals surface area (Å²) in [6.07, 6.45) is 13.7. The normalized spacial score (nSPS) is 23.0. The second kappa shape index (κ2) is 5.57. The summed E-state index contributed by atoms with van der Waals surface area (Å²) in [5.74, 6) is 0. The largest absolute Gasteiger partial charge is 0.333 e. The van der Waals surface area contributed by atoms with Gasteiger partial charge in [-0.3, -0.25) is 4.68 Å². The average molecular weight is 259 g/mol. The van der Waals surface area contributed by atoms with Crippen LogP contribution >= 0.6 is 0 Å². The van der Waals surface area contributed by atoms with Crippen molar-refractivity contribution < 1.29 is 0 Å². The van der Waals surface area contributed by atoms with Gasteiger partial charge in [-0.15, -0.1) is 0 Å². The minimum atomic E-state index is 0.541. The Hall–Kier alpha value is -1.62. The first-order valence-electron chi connectivity index (χ1n) is 7.09. The van der Waals surface area contributed by atoms with Gasteiger partial charge in [0.1, 0.15) is 0 Å². The van der Waals surface area contributed by atoms with E-state index < -0.39 is 0 Å². The molecule has 0 amide bonds.